The summed E-state index contributed by atoms with van der Waals surface area (Å²) in [5.74, 6) is 0. The fourth-order valence-corrected chi connectivity index (χ4v) is 4.42. The van der Waals surface area contributed by atoms with Crippen LogP contribution in [0.5, 0.6) is 0 Å². The van der Waals surface area contributed by atoms with Crippen LogP contribution in [0.3, 0.4) is 0 Å². The number of rotatable bonds is 4. The molecular weight excluding hydrogens is 402 g/mol. The van der Waals surface area contributed by atoms with Crippen LogP contribution < -0.4 is 4.72 Å². The molecule has 0 radical (unpaired) electrons. The molecule has 0 aliphatic rings. The topological polar surface area (TPSA) is 46.2 Å². The molecule has 96 valence electrons. The van der Waals surface area contributed by atoms with Crippen molar-refractivity contribution in [1.82, 2.24) is 4.72 Å². The van der Waals surface area contributed by atoms with Crippen LogP contribution in [0.4, 0.5) is 0 Å². The van der Waals surface area contributed by atoms with Crippen molar-refractivity contribution in [2.24, 2.45) is 0 Å². The Labute approximate surface area is 127 Å². The average Bonchev–Trinajstić information content (AvgIpc) is 2.73. The highest BCUT2D eigenvalue weighted by Crippen LogP contribution is 2.21. The summed E-state index contributed by atoms with van der Waals surface area (Å²) in [7, 11) is -3.46. The maximum Gasteiger partial charge on any atom is 0.240 e. The third kappa shape index (κ3) is 3.64. The van der Waals surface area contributed by atoms with Gasteiger partial charge in [-0.3, -0.25) is 0 Å². The first-order valence-electron chi connectivity index (χ1n) is 4.95. The monoisotopic (exact) mass is 409 g/mol. The zero-order chi connectivity index (χ0) is 13.2. The molecule has 0 atom stereocenters. The van der Waals surface area contributed by atoms with Crippen LogP contribution in [0.1, 0.15) is 4.88 Å². The van der Waals surface area contributed by atoms with Gasteiger partial charge < -0.3 is 0 Å². The van der Waals surface area contributed by atoms with E-state index in [4.69, 9.17) is 0 Å². The summed E-state index contributed by atoms with van der Waals surface area (Å²) in [4.78, 5) is 1.22. The highest BCUT2D eigenvalue weighted by Gasteiger charge is 2.14. The van der Waals surface area contributed by atoms with E-state index in [0.29, 0.717) is 6.54 Å². The maximum absolute atomic E-state index is 12.0. The molecule has 1 aromatic carbocycles. The lowest BCUT2D eigenvalue weighted by molar-refractivity contribution is 0.582. The molecule has 0 saturated carbocycles. The summed E-state index contributed by atoms with van der Waals surface area (Å²) in [6.07, 6.45) is 0. The van der Waals surface area contributed by atoms with E-state index in [-0.39, 0.29) is 4.90 Å². The van der Waals surface area contributed by atoms with Crippen molar-refractivity contribution in [3.8, 4) is 0 Å². The molecule has 2 rings (SSSR count). The number of nitrogens with one attached hydrogen (secondary N) is 1. The molecule has 0 amide bonds. The molecule has 18 heavy (non-hydrogen) atoms. The fraction of sp³-hybridized carbons (Fsp3) is 0.0909. The molecular formula is C11H9Br2NO2S2. The van der Waals surface area contributed by atoms with Crippen LogP contribution in [0.2, 0.25) is 0 Å². The molecule has 7 heteroatoms. The lowest BCUT2D eigenvalue weighted by atomic mass is 10.4. The summed E-state index contributed by atoms with van der Waals surface area (Å²) in [6.45, 7) is 0.297. The van der Waals surface area contributed by atoms with E-state index in [1.165, 1.54) is 11.3 Å². The minimum Gasteiger partial charge on any atom is -0.207 e. The van der Waals surface area contributed by atoms with E-state index in [1.54, 1.807) is 24.3 Å². The van der Waals surface area contributed by atoms with E-state index in [0.717, 1.165) is 13.8 Å². The molecule has 1 heterocycles. The minimum absolute atomic E-state index is 0.257. The molecule has 2 aromatic rings. The van der Waals surface area contributed by atoms with Crippen molar-refractivity contribution in [2.75, 3.05) is 0 Å². The molecule has 1 aromatic heterocycles. The van der Waals surface area contributed by atoms with Gasteiger partial charge in [-0.15, -0.1) is 11.3 Å². The van der Waals surface area contributed by atoms with Gasteiger partial charge in [0, 0.05) is 25.7 Å². The lowest BCUT2D eigenvalue weighted by Gasteiger charge is -2.05. The number of hydrogen-bond donors (Lipinski definition) is 1. The quantitative estimate of drug-likeness (QED) is 0.834. The Morgan fingerprint density at radius 2 is 1.94 bits per heavy atom. The van der Waals surface area contributed by atoms with Crippen LogP contribution in [0, 0.1) is 0 Å². The van der Waals surface area contributed by atoms with E-state index >= 15 is 0 Å². The summed E-state index contributed by atoms with van der Waals surface area (Å²) < 4.78 is 28.3. The molecule has 0 unspecified atom stereocenters. The first-order valence-corrected chi connectivity index (χ1v) is 8.90. The minimum atomic E-state index is -3.46. The molecule has 3 nitrogen and oxygen atoms in total. The third-order valence-corrected chi connectivity index (χ3v) is 5.75. The largest absolute Gasteiger partial charge is 0.240 e. The van der Waals surface area contributed by atoms with Gasteiger partial charge in [0.15, 0.2) is 0 Å². The SMILES string of the molecule is O=S(=O)(NCc1cc(Br)cs1)c1cccc(Br)c1. The number of halogens is 2. The van der Waals surface area contributed by atoms with Crippen LogP contribution in [0.25, 0.3) is 0 Å². The van der Waals surface area contributed by atoms with E-state index in [2.05, 4.69) is 36.6 Å². The Morgan fingerprint density at radius 1 is 1.17 bits per heavy atom. The standard InChI is InChI=1S/C11H9Br2NO2S2/c12-8-2-1-3-11(5-8)18(15,16)14-6-10-4-9(13)7-17-10/h1-5,7,14H,6H2. The van der Waals surface area contributed by atoms with E-state index in [1.807, 2.05) is 11.4 Å². The lowest BCUT2D eigenvalue weighted by Crippen LogP contribution is -2.22. The van der Waals surface area contributed by atoms with Gasteiger partial charge in [-0.05, 0) is 40.2 Å². The van der Waals surface area contributed by atoms with Gasteiger partial charge >= 0.3 is 0 Å². The predicted molar refractivity (Wildman–Crippen MR) is 80.2 cm³/mol. The van der Waals surface area contributed by atoms with Gasteiger partial charge in [0.2, 0.25) is 10.0 Å². The summed E-state index contributed by atoms with van der Waals surface area (Å²) >= 11 is 8.10. The molecule has 0 aliphatic carbocycles. The van der Waals surface area contributed by atoms with Crippen molar-refractivity contribution < 1.29 is 8.42 Å². The van der Waals surface area contributed by atoms with Crippen molar-refractivity contribution in [1.29, 1.82) is 0 Å². The highest BCUT2D eigenvalue weighted by molar-refractivity contribution is 9.10. The van der Waals surface area contributed by atoms with E-state index < -0.39 is 10.0 Å². The second-order valence-corrected chi connectivity index (χ2v) is 8.11. The van der Waals surface area contributed by atoms with Gasteiger partial charge in [0.1, 0.15) is 0 Å². The number of thiophene rings is 1. The second-order valence-electron chi connectivity index (χ2n) is 3.51. The van der Waals surface area contributed by atoms with Crippen molar-refractivity contribution >= 4 is 53.2 Å². The van der Waals surface area contributed by atoms with Gasteiger partial charge in [0.25, 0.3) is 0 Å². The number of hydrogen-bond acceptors (Lipinski definition) is 3. The van der Waals surface area contributed by atoms with Crippen LogP contribution in [-0.2, 0) is 16.6 Å². The molecule has 0 bridgehead atoms. The zero-order valence-corrected chi connectivity index (χ0v) is 13.9. The van der Waals surface area contributed by atoms with Gasteiger partial charge in [-0.2, -0.15) is 0 Å². The van der Waals surface area contributed by atoms with Crippen molar-refractivity contribution in [2.45, 2.75) is 11.4 Å². The summed E-state index contributed by atoms with van der Waals surface area (Å²) in [6, 6.07) is 8.52. The highest BCUT2D eigenvalue weighted by atomic mass is 79.9. The zero-order valence-electron chi connectivity index (χ0n) is 9.06. The first-order chi connectivity index (χ1) is 8.47. The van der Waals surface area contributed by atoms with Crippen LogP contribution in [-0.4, -0.2) is 8.42 Å². The number of benzene rings is 1. The Morgan fingerprint density at radius 3 is 2.56 bits per heavy atom. The normalized spacial score (nSPS) is 11.7. The molecule has 0 aliphatic heterocycles. The fourth-order valence-electron chi connectivity index (χ4n) is 1.33. The van der Waals surface area contributed by atoms with E-state index in [9.17, 15) is 8.42 Å². The smallest absolute Gasteiger partial charge is 0.207 e. The van der Waals surface area contributed by atoms with Crippen LogP contribution in [0.15, 0.2) is 49.6 Å². The summed E-state index contributed by atoms with van der Waals surface area (Å²) in [5.41, 5.74) is 0. The van der Waals surface area contributed by atoms with Crippen molar-refractivity contribution in [3.63, 3.8) is 0 Å². The Hall–Kier alpha value is -0.210. The Bertz CT molecular complexity index is 653. The predicted octanol–water partition coefficient (Wildman–Crippen LogP) is 3.75. The van der Waals surface area contributed by atoms with Gasteiger partial charge in [-0.25, -0.2) is 13.1 Å². The van der Waals surface area contributed by atoms with Crippen LogP contribution >= 0.6 is 43.2 Å². The second kappa shape index (κ2) is 5.83. The van der Waals surface area contributed by atoms with Gasteiger partial charge in [0.05, 0.1) is 4.90 Å². The molecule has 1 N–H and O–H groups in total. The third-order valence-electron chi connectivity index (χ3n) is 2.16. The average molecular weight is 411 g/mol. The first kappa shape index (κ1) is 14.2. The molecule has 0 saturated heterocycles. The van der Waals surface area contributed by atoms with Gasteiger partial charge in [-0.1, -0.05) is 22.0 Å². The summed E-state index contributed by atoms with van der Waals surface area (Å²) in [5, 5.41) is 1.92. The number of sulfonamides is 1. The Kier molecular flexibility index (Phi) is 4.60. The van der Waals surface area contributed by atoms with Crippen molar-refractivity contribution in [3.05, 3.63) is 49.5 Å². The maximum atomic E-state index is 12.0. The molecule has 0 fully saturated rings. The molecule has 0 spiro atoms. The Balaban J connectivity index is 2.13.